The summed E-state index contributed by atoms with van der Waals surface area (Å²) in [5, 5.41) is 9.64. The van der Waals surface area contributed by atoms with Crippen molar-refractivity contribution >= 4 is 11.9 Å². The smallest absolute Gasteiger partial charge is 0.306 e. The molecule has 372 valence electrons. The fraction of sp³-hybridized carbons (Fsp3) is 0.897. The first kappa shape index (κ1) is 61.4. The Morgan fingerprint density at radius 1 is 0.365 bits per heavy atom. The molecule has 5 nitrogen and oxygen atoms in total. The first-order valence-corrected chi connectivity index (χ1v) is 28.4. The van der Waals surface area contributed by atoms with Gasteiger partial charge in [-0.2, -0.15) is 0 Å². The van der Waals surface area contributed by atoms with Gasteiger partial charge in [0.15, 0.2) is 6.10 Å². The van der Waals surface area contributed by atoms with E-state index in [1.165, 1.54) is 250 Å². The average Bonchev–Trinajstić information content (AvgIpc) is 3.29. The van der Waals surface area contributed by atoms with E-state index >= 15 is 0 Å². The third-order valence-electron chi connectivity index (χ3n) is 13.0. The van der Waals surface area contributed by atoms with Gasteiger partial charge in [0.1, 0.15) is 6.61 Å². The highest BCUT2D eigenvalue weighted by molar-refractivity contribution is 5.70. The Labute approximate surface area is 394 Å². The van der Waals surface area contributed by atoms with Crippen molar-refractivity contribution in [3.05, 3.63) is 24.3 Å². The summed E-state index contributed by atoms with van der Waals surface area (Å²) in [6.45, 7) is 4.16. The van der Waals surface area contributed by atoms with E-state index in [2.05, 4.69) is 38.2 Å². The topological polar surface area (TPSA) is 72.8 Å². The molecule has 0 aliphatic heterocycles. The molecule has 1 N–H and O–H groups in total. The number of carbonyl (C=O) groups excluding carboxylic acids is 2. The third-order valence-corrected chi connectivity index (χ3v) is 13.0. The Bertz CT molecular complexity index is 959. The summed E-state index contributed by atoms with van der Waals surface area (Å²) in [6, 6.07) is 0. The Kier molecular flexibility index (Phi) is 53.3. The fourth-order valence-corrected chi connectivity index (χ4v) is 8.71. The molecule has 0 fully saturated rings. The Morgan fingerprint density at radius 3 is 0.968 bits per heavy atom. The summed E-state index contributed by atoms with van der Waals surface area (Å²) in [7, 11) is 0. The molecule has 0 aliphatic rings. The van der Waals surface area contributed by atoms with E-state index in [-0.39, 0.29) is 25.2 Å². The van der Waals surface area contributed by atoms with Crippen molar-refractivity contribution in [1.82, 2.24) is 0 Å². The second-order valence-electron chi connectivity index (χ2n) is 19.4. The minimum atomic E-state index is -0.771. The second kappa shape index (κ2) is 54.7. The van der Waals surface area contributed by atoms with Crippen LogP contribution in [0.3, 0.4) is 0 Å². The van der Waals surface area contributed by atoms with E-state index in [0.29, 0.717) is 12.8 Å². The molecule has 0 amide bonds. The zero-order chi connectivity index (χ0) is 45.6. The summed E-state index contributed by atoms with van der Waals surface area (Å²) in [6.07, 6.45) is 68.7. The van der Waals surface area contributed by atoms with Crippen LogP contribution in [0.15, 0.2) is 24.3 Å². The van der Waals surface area contributed by atoms with Crippen LogP contribution in [0.2, 0.25) is 0 Å². The molecule has 0 rings (SSSR count). The highest BCUT2D eigenvalue weighted by atomic mass is 16.6. The standard InChI is InChI=1S/C58H110O5/c1-3-5-7-9-11-13-15-17-19-21-23-24-25-26-27-28-29-30-31-32-33-35-36-38-40-42-44-46-48-50-52-57(60)62-55-56(54-59)63-58(61)53-51-49-47-45-43-41-39-37-34-22-20-18-16-14-12-10-8-6-4-2/h12,14,18,20,56,59H,3-11,13,15-17,19,21-55H2,1-2H3/b14-12-,20-18-. The largest absolute Gasteiger partial charge is 0.462 e. The predicted molar refractivity (Wildman–Crippen MR) is 275 cm³/mol. The van der Waals surface area contributed by atoms with Gasteiger partial charge in [0.25, 0.3) is 0 Å². The van der Waals surface area contributed by atoms with Gasteiger partial charge < -0.3 is 14.6 Å². The van der Waals surface area contributed by atoms with Crippen LogP contribution < -0.4 is 0 Å². The van der Waals surface area contributed by atoms with Crippen molar-refractivity contribution in [2.24, 2.45) is 0 Å². The van der Waals surface area contributed by atoms with E-state index in [4.69, 9.17) is 9.47 Å². The zero-order valence-electron chi connectivity index (χ0n) is 42.6. The molecule has 0 radical (unpaired) electrons. The van der Waals surface area contributed by atoms with Crippen molar-refractivity contribution in [2.45, 2.75) is 322 Å². The van der Waals surface area contributed by atoms with E-state index < -0.39 is 6.10 Å². The van der Waals surface area contributed by atoms with Gasteiger partial charge in [0.2, 0.25) is 0 Å². The lowest BCUT2D eigenvalue weighted by Crippen LogP contribution is -2.28. The van der Waals surface area contributed by atoms with Crippen LogP contribution in [0.1, 0.15) is 316 Å². The van der Waals surface area contributed by atoms with Gasteiger partial charge in [-0.1, -0.05) is 282 Å². The quantitative estimate of drug-likeness (QED) is 0.0374. The van der Waals surface area contributed by atoms with Crippen LogP contribution in [-0.2, 0) is 19.1 Å². The van der Waals surface area contributed by atoms with Crippen molar-refractivity contribution in [3.63, 3.8) is 0 Å². The lowest BCUT2D eigenvalue weighted by molar-refractivity contribution is -0.161. The highest BCUT2D eigenvalue weighted by Gasteiger charge is 2.16. The Hall–Kier alpha value is -1.62. The van der Waals surface area contributed by atoms with Gasteiger partial charge in [-0.05, 0) is 44.9 Å². The van der Waals surface area contributed by atoms with Crippen LogP contribution in [0, 0.1) is 0 Å². The van der Waals surface area contributed by atoms with Crippen LogP contribution in [0.4, 0.5) is 0 Å². The first-order chi connectivity index (χ1) is 31.1. The number of unbranched alkanes of at least 4 members (excludes halogenated alkanes) is 41. The molecule has 1 unspecified atom stereocenters. The van der Waals surface area contributed by atoms with Gasteiger partial charge in [-0.3, -0.25) is 9.59 Å². The second-order valence-corrected chi connectivity index (χ2v) is 19.4. The first-order valence-electron chi connectivity index (χ1n) is 28.4. The van der Waals surface area contributed by atoms with Gasteiger partial charge in [0, 0.05) is 12.8 Å². The molecule has 0 aliphatic carbocycles. The van der Waals surface area contributed by atoms with Crippen LogP contribution in [0.25, 0.3) is 0 Å². The van der Waals surface area contributed by atoms with Crippen LogP contribution in [-0.4, -0.2) is 36.4 Å². The molecule has 0 aromatic heterocycles. The number of allylic oxidation sites excluding steroid dienone is 4. The molecule has 0 heterocycles. The maximum absolute atomic E-state index is 12.3. The Morgan fingerprint density at radius 2 is 0.635 bits per heavy atom. The van der Waals surface area contributed by atoms with E-state index in [0.717, 1.165) is 38.5 Å². The van der Waals surface area contributed by atoms with Crippen LogP contribution >= 0.6 is 0 Å². The molecule has 0 spiro atoms. The molecule has 1 atom stereocenters. The molecule has 0 aromatic rings. The maximum atomic E-state index is 12.3. The molecule has 0 saturated heterocycles. The normalized spacial score (nSPS) is 12.2. The number of carbonyl (C=O) groups is 2. The number of aliphatic hydroxyl groups excluding tert-OH is 1. The van der Waals surface area contributed by atoms with Crippen molar-refractivity contribution in [2.75, 3.05) is 13.2 Å². The average molecular weight is 888 g/mol. The summed E-state index contributed by atoms with van der Waals surface area (Å²) >= 11 is 0. The molecular weight excluding hydrogens is 777 g/mol. The van der Waals surface area contributed by atoms with Crippen molar-refractivity contribution in [3.8, 4) is 0 Å². The molecule has 0 saturated carbocycles. The van der Waals surface area contributed by atoms with E-state index in [1.54, 1.807) is 0 Å². The summed E-state index contributed by atoms with van der Waals surface area (Å²) in [5.74, 6) is -0.578. The lowest BCUT2D eigenvalue weighted by Gasteiger charge is -2.15. The number of ether oxygens (including phenoxy) is 2. The number of aliphatic hydroxyl groups is 1. The van der Waals surface area contributed by atoms with Crippen LogP contribution in [0.5, 0.6) is 0 Å². The third kappa shape index (κ3) is 52.9. The minimum absolute atomic E-state index is 0.0620. The zero-order valence-corrected chi connectivity index (χ0v) is 42.6. The number of rotatable bonds is 53. The predicted octanol–water partition coefficient (Wildman–Crippen LogP) is 18.9. The van der Waals surface area contributed by atoms with E-state index in [1.807, 2.05) is 0 Å². The van der Waals surface area contributed by atoms with Gasteiger partial charge in [-0.15, -0.1) is 0 Å². The van der Waals surface area contributed by atoms with Crippen molar-refractivity contribution in [1.29, 1.82) is 0 Å². The minimum Gasteiger partial charge on any atom is -0.462 e. The van der Waals surface area contributed by atoms with E-state index in [9.17, 15) is 14.7 Å². The van der Waals surface area contributed by atoms with Gasteiger partial charge in [-0.25, -0.2) is 0 Å². The van der Waals surface area contributed by atoms with Gasteiger partial charge >= 0.3 is 11.9 Å². The van der Waals surface area contributed by atoms with Gasteiger partial charge in [0.05, 0.1) is 6.61 Å². The lowest BCUT2D eigenvalue weighted by atomic mass is 10.0. The molecule has 0 aromatic carbocycles. The maximum Gasteiger partial charge on any atom is 0.306 e. The Balaban J connectivity index is 3.40. The number of hydrogen-bond donors (Lipinski definition) is 1. The molecule has 63 heavy (non-hydrogen) atoms. The summed E-state index contributed by atoms with van der Waals surface area (Å²) in [5.41, 5.74) is 0. The number of hydrogen-bond acceptors (Lipinski definition) is 5. The monoisotopic (exact) mass is 887 g/mol. The fourth-order valence-electron chi connectivity index (χ4n) is 8.71. The SMILES string of the molecule is CCCCC/C=C\C/C=C\CCCCCCCCCCCC(=O)OC(CO)COC(=O)CCCCCCCCCCCCCCCCCCCCCCCCCCCCCCCC. The highest BCUT2D eigenvalue weighted by Crippen LogP contribution is 2.18. The molecule has 5 heteroatoms. The number of esters is 2. The molecule has 0 bridgehead atoms. The summed E-state index contributed by atoms with van der Waals surface area (Å²) in [4.78, 5) is 24.5. The van der Waals surface area contributed by atoms with Crippen molar-refractivity contribution < 1.29 is 24.2 Å². The summed E-state index contributed by atoms with van der Waals surface area (Å²) < 4.78 is 10.7. The molecular formula is C58H110O5.